The summed E-state index contributed by atoms with van der Waals surface area (Å²) in [5, 5.41) is 4.47. The third-order valence-electron chi connectivity index (χ3n) is 2.76. The third-order valence-corrected chi connectivity index (χ3v) is 2.76. The van der Waals surface area contributed by atoms with Gasteiger partial charge in [-0.1, -0.05) is 0 Å². The van der Waals surface area contributed by atoms with Gasteiger partial charge in [0.2, 0.25) is 5.91 Å². The molecular formula is C15H12F2N4O4. The van der Waals surface area contributed by atoms with E-state index in [1.165, 1.54) is 24.7 Å². The van der Waals surface area contributed by atoms with E-state index in [1.807, 2.05) is 0 Å². The van der Waals surface area contributed by atoms with Crippen LogP contribution in [0.4, 0.5) is 14.5 Å². The molecule has 0 aliphatic carbocycles. The summed E-state index contributed by atoms with van der Waals surface area (Å²) in [6, 6.07) is 2.83. The zero-order chi connectivity index (χ0) is 18.2. The van der Waals surface area contributed by atoms with E-state index in [0.717, 1.165) is 12.1 Å². The zero-order valence-corrected chi connectivity index (χ0v) is 12.7. The van der Waals surface area contributed by atoms with Crippen LogP contribution >= 0.6 is 0 Å². The summed E-state index contributed by atoms with van der Waals surface area (Å²) in [6.07, 6.45) is 3.84. The fourth-order valence-electron chi connectivity index (χ4n) is 1.62. The lowest BCUT2D eigenvalue weighted by Crippen LogP contribution is -2.35. The molecule has 130 valence electrons. The van der Waals surface area contributed by atoms with Crippen molar-refractivity contribution in [3.63, 3.8) is 0 Å². The molecular weight excluding hydrogens is 338 g/mol. The van der Waals surface area contributed by atoms with Crippen molar-refractivity contribution in [3.8, 4) is 0 Å². The summed E-state index contributed by atoms with van der Waals surface area (Å²) >= 11 is 0. The Bertz CT molecular complexity index is 786. The number of aromatic nitrogens is 2. The van der Waals surface area contributed by atoms with Gasteiger partial charge in [0, 0.05) is 24.1 Å². The molecule has 0 saturated heterocycles. The largest absolute Gasteiger partial charge is 0.451 e. The maximum Gasteiger partial charge on any atom is 0.359 e. The number of benzene rings is 1. The summed E-state index contributed by atoms with van der Waals surface area (Å²) in [7, 11) is 0. The lowest BCUT2D eigenvalue weighted by Gasteiger charge is -2.07. The lowest BCUT2D eigenvalue weighted by molar-refractivity contribution is -0.126. The van der Waals surface area contributed by atoms with E-state index in [4.69, 9.17) is 4.74 Å². The van der Waals surface area contributed by atoms with Gasteiger partial charge in [-0.05, 0) is 12.1 Å². The van der Waals surface area contributed by atoms with Gasteiger partial charge in [0.1, 0.15) is 0 Å². The molecule has 0 fully saturated rings. The highest BCUT2D eigenvalue weighted by Crippen LogP contribution is 2.12. The number of hydrogen-bond donors (Lipinski definition) is 2. The highest BCUT2D eigenvalue weighted by Gasteiger charge is 2.12. The molecule has 10 heteroatoms. The van der Waals surface area contributed by atoms with Crippen molar-refractivity contribution in [2.24, 2.45) is 0 Å². The van der Waals surface area contributed by atoms with Crippen LogP contribution < -0.4 is 10.6 Å². The predicted octanol–water partition coefficient (Wildman–Crippen LogP) is 0.666. The molecule has 1 aromatic heterocycles. The van der Waals surface area contributed by atoms with E-state index >= 15 is 0 Å². The molecule has 0 radical (unpaired) electrons. The maximum absolute atomic E-state index is 13.0. The molecule has 0 aliphatic rings. The van der Waals surface area contributed by atoms with E-state index in [-0.39, 0.29) is 11.4 Å². The van der Waals surface area contributed by atoms with Crippen molar-refractivity contribution in [2.75, 3.05) is 18.5 Å². The second-order valence-electron chi connectivity index (χ2n) is 4.62. The maximum atomic E-state index is 13.0. The fraction of sp³-hybridized carbons (Fsp3) is 0.133. The van der Waals surface area contributed by atoms with Crippen LogP contribution in [0.3, 0.4) is 0 Å². The Morgan fingerprint density at radius 3 is 2.56 bits per heavy atom. The van der Waals surface area contributed by atoms with Crippen LogP contribution in [-0.2, 0) is 14.3 Å². The van der Waals surface area contributed by atoms with Crippen molar-refractivity contribution >= 4 is 23.5 Å². The molecule has 1 heterocycles. The second kappa shape index (κ2) is 8.43. The van der Waals surface area contributed by atoms with Gasteiger partial charge in [0.15, 0.2) is 23.9 Å². The van der Waals surface area contributed by atoms with Crippen LogP contribution in [0, 0.1) is 11.6 Å². The summed E-state index contributed by atoms with van der Waals surface area (Å²) in [5.41, 5.74) is -0.0291. The Kier molecular flexibility index (Phi) is 6.04. The number of amides is 2. The summed E-state index contributed by atoms with van der Waals surface area (Å²) in [4.78, 5) is 42.0. The molecule has 1 aromatic carbocycles. The van der Waals surface area contributed by atoms with Gasteiger partial charge >= 0.3 is 5.97 Å². The first-order chi connectivity index (χ1) is 12.0. The van der Waals surface area contributed by atoms with Crippen molar-refractivity contribution in [1.82, 2.24) is 15.3 Å². The van der Waals surface area contributed by atoms with E-state index in [9.17, 15) is 23.2 Å². The summed E-state index contributed by atoms with van der Waals surface area (Å²) in [6.45, 7) is -1.06. The van der Waals surface area contributed by atoms with Crippen LogP contribution in [0.2, 0.25) is 0 Å². The molecule has 2 aromatic rings. The molecule has 0 bridgehead atoms. The van der Waals surface area contributed by atoms with Gasteiger partial charge < -0.3 is 15.4 Å². The zero-order valence-electron chi connectivity index (χ0n) is 12.7. The van der Waals surface area contributed by atoms with Crippen molar-refractivity contribution in [1.29, 1.82) is 0 Å². The molecule has 2 amide bonds. The van der Waals surface area contributed by atoms with Gasteiger partial charge in [-0.15, -0.1) is 0 Å². The minimum atomic E-state index is -1.11. The van der Waals surface area contributed by atoms with Crippen LogP contribution in [0.25, 0.3) is 0 Å². The SMILES string of the molecule is O=C(COC(=O)c1cnccn1)NCC(=O)Nc1ccc(F)c(F)c1. The number of carbonyl (C=O) groups is 3. The first-order valence-corrected chi connectivity index (χ1v) is 6.90. The summed E-state index contributed by atoms with van der Waals surface area (Å²) < 4.78 is 30.5. The Balaban J connectivity index is 1.73. The third kappa shape index (κ3) is 5.61. The number of rotatable bonds is 6. The highest BCUT2D eigenvalue weighted by molar-refractivity contribution is 5.95. The van der Waals surface area contributed by atoms with E-state index in [0.29, 0.717) is 0 Å². The Morgan fingerprint density at radius 2 is 1.88 bits per heavy atom. The number of esters is 1. The van der Waals surface area contributed by atoms with E-state index in [1.54, 1.807) is 0 Å². The van der Waals surface area contributed by atoms with Crippen molar-refractivity contribution in [2.45, 2.75) is 0 Å². The van der Waals surface area contributed by atoms with Crippen LogP contribution in [0.15, 0.2) is 36.8 Å². The van der Waals surface area contributed by atoms with Gasteiger partial charge in [-0.25, -0.2) is 18.6 Å². The predicted molar refractivity (Wildman–Crippen MR) is 80.3 cm³/mol. The number of halogens is 2. The van der Waals surface area contributed by atoms with Gasteiger partial charge in [-0.3, -0.25) is 14.6 Å². The molecule has 0 saturated carbocycles. The number of anilines is 1. The molecule has 0 atom stereocenters. The van der Waals surface area contributed by atoms with Crippen LogP contribution in [0.1, 0.15) is 10.5 Å². The molecule has 0 spiro atoms. The molecule has 2 rings (SSSR count). The first-order valence-electron chi connectivity index (χ1n) is 6.90. The monoisotopic (exact) mass is 350 g/mol. The quantitative estimate of drug-likeness (QED) is 0.741. The minimum Gasteiger partial charge on any atom is -0.451 e. The molecule has 25 heavy (non-hydrogen) atoms. The number of nitrogens with one attached hydrogen (secondary N) is 2. The van der Waals surface area contributed by atoms with Gasteiger partial charge in [-0.2, -0.15) is 0 Å². The number of hydrogen-bond acceptors (Lipinski definition) is 6. The topological polar surface area (TPSA) is 110 Å². The normalized spacial score (nSPS) is 10.0. The standard InChI is InChI=1S/C15H12F2N4O4/c16-10-2-1-9(5-11(10)17)21-13(22)7-20-14(23)8-25-15(24)12-6-18-3-4-19-12/h1-6H,7-8H2,(H,20,23)(H,21,22). The first kappa shape index (κ1) is 17.9. The smallest absolute Gasteiger partial charge is 0.359 e. The molecule has 0 unspecified atom stereocenters. The van der Waals surface area contributed by atoms with Crippen LogP contribution in [0.5, 0.6) is 0 Å². The minimum absolute atomic E-state index is 0.0345. The second-order valence-corrected chi connectivity index (χ2v) is 4.62. The van der Waals surface area contributed by atoms with Crippen LogP contribution in [-0.4, -0.2) is 40.9 Å². The summed E-state index contributed by atoms with van der Waals surface area (Å²) in [5.74, 6) is -4.39. The molecule has 8 nitrogen and oxygen atoms in total. The van der Waals surface area contributed by atoms with E-state index in [2.05, 4.69) is 20.6 Å². The Hall–Kier alpha value is -3.43. The molecule has 2 N–H and O–H groups in total. The number of carbonyl (C=O) groups excluding carboxylic acids is 3. The fourth-order valence-corrected chi connectivity index (χ4v) is 1.62. The highest BCUT2D eigenvalue weighted by atomic mass is 19.2. The van der Waals surface area contributed by atoms with Gasteiger partial charge in [0.05, 0.1) is 12.7 Å². The average Bonchev–Trinajstić information content (AvgIpc) is 2.61. The lowest BCUT2D eigenvalue weighted by atomic mass is 10.3. The number of ether oxygens (including phenoxy) is 1. The average molecular weight is 350 g/mol. The Labute approximate surface area is 140 Å². The van der Waals surface area contributed by atoms with Crippen molar-refractivity contribution in [3.05, 3.63) is 54.1 Å². The molecule has 0 aliphatic heterocycles. The Morgan fingerprint density at radius 1 is 1.08 bits per heavy atom. The van der Waals surface area contributed by atoms with Crippen molar-refractivity contribution < 1.29 is 27.9 Å². The number of nitrogens with zero attached hydrogens (tertiary/aromatic N) is 2. The van der Waals surface area contributed by atoms with Gasteiger partial charge in [0.25, 0.3) is 5.91 Å². The van der Waals surface area contributed by atoms with E-state index < -0.39 is 42.6 Å².